The van der Waals surface area contributed by atoms with Gasteiger partial charge in [0.15, 0.2) is 0 Å². The van der Waals surface area contributed by atoms with E-state index in [1.54, 1.807) is 24.3 Å². The van der Waals surface area contributed by atoms with Crippen LogP contribution in [-0.4, -0.2) is 36.3 Å². The van der Waals surface area contributed by atoms with Gasteiger partial charge >= 0.3 is 0 Å². The number of benzene rings is 1. The first-order valence-electron chi connectivity index (χ1n) is 7.40. The van der Waals surface area contributed by atoms with E-state index < -0.39 is 0 Å². The molecule has 1 N–H and O–H groups in total. The normalized spacial score (nSPS) is 14.3. The van der Waals surface area contributed by atoms with Crippen LogP contribution in [0.3, 0.4) is 0 Å². The van der Waals surface area contributed by atoms with Gasteiger partial charge in [-0.1, -0.05) is 19.4 Å². The number of hydrogen-bond donors (Lipinski definition) is 1. The Balaban J connectivity index is 2.03. The van der Waals surface area contributed by atoms with Crippen molar-refractivity contribution >= 4 is 11.8 Å². The highest BCUT2D eigenvalue weighted by Crippen LogP contribution is 2.14. The molecule has 1 aliphatic heterocycles. The first-order chi connectivity index (χ1) is 9.72. The fourth-order valence-electron chi connectivity index (χ4n) is 2.38. The molecule has 1 aromatic carbocycles. The van der Waals surface area contributed by atoms with Crippen molar-refractivity contribution in [1.82, 2.24) is 10.2 Å². The third kappa shape index (κ3) is 3.59. The Bertz CT molecular complexity index is 479. The lowest BCUT2D eigenvalue weighted by molar-refractivity contribution is 0.0793. The summed E-state index contributed by atoms with van der Waals surface area (Å²) in [6, 6.07) is 7.01. The largest absolute Gasteiger partial charge is 0.352 e. The summed E-state index contributed by atoms with van der Waals surface area (Å²) in [4.78, 5) is 26.1. The van der Waals surface area contributed by atoms with Crippen LogP contribution in [0.25, 0.3) is 0 Å². The van der Waals surface area contributed by atoms with E-state index in [0.717, 1.165) is 38.8 Å². The lowest BCUT2D eigenvalue weighted by atomic mass is 10.1. The van der Waals surface area contributed by atoms with E-state index in [0.29, 0.717) is 17.7 Å². The Labute approximate surface area is 120 Å². The molecule has 0 spiro atoms. The van der Waals surface area contributed by atoms with Crippen molar-refractivity contribution in [2.45, 2.75) is 32.6 Å². The summed E-state index contributed by atoms with van der Waals surface area (Å²) in [5.41, 5.74) is 1.17. The molecule has 0 radical (unpaired) electrons. The summed E-state index contributed by atoms with van der Waals surface area (Å²) in [6.07, 6.45) is 4.16. The number of hydrogen-bond acceptors (Lipinski definition) is 2. The van der Waals surface area contributed by atoms with Crippen molar-refractivity contribution in [3.05, 3.63) is 35.4 Å². The maximum atomic E-state index is 12.3. The zero-order valence-corrected chi connectivity index (χ0v) is 12.0. The molecule has 2 amide bonds. The summed E-state index contributed by atoms with van der Waals surface area (Å²) < 4.78 is 0. The van der Waals surface area contributed by atoms with Crippen LogP contribution in [0, 0.1) is 0 Å². The van der Waals surface area contributed by atoms with Crippen LogP contribution in [-0.2, 0) is 0 Å². The molecule has 0 unspecified atom stereocenters. The van der Waals surface area contributed by atoms with Gasteiger partial charge in [0.05, 0.1) is 0 Å². The van der Waals surface area contributed by atoms with Crippen LogP contribution < -0.4 is 5.32 Å². The van der Waals surface area contributed by atoms with Gasteiger partial charge in [-0.2, -0.15) is 0 Å². The third-order valence-corrected chi connectivity index (χ3v) is 3.58. The number of nitrogens with zero attached hydrogens (tertiary/aromatic N) is 1. The van der Waals surface area contributed by atoms with Crippen LogP contribution in [0.4, 0.5) is 0 Å². The average Bonchev–Trinajstić information content (AvgIpc) is 3.01. The van der Waals surface area contributed by atoms with Crippen LogP contribution in [0.2, 0.25) is 0 Å². The molecule has 0 saturated carbocycles. The molecule has 0 atom stereocenters. The molecule has 1 aliphatic rings. The third-order valence-electron chi connectivity index (χ3n) is 3.58. The number of carbonyl (C=O) groups excluding carboxylic acids is 2. The summed E-state index contributed by atoms with van der Waals surface area (Å²) >= 11 is 0. The molecule has 1 aromatic rings. The molecule has 1 fully saturated rings. The zero-order valence-electron chi connectivity index (χ0n) is 12.0. The van der Waals surface area contributed by atoms with Crippen molar-refractivity contribution in [2.24, 2.45) is 0 Å². The van der Waals surface area contributed by atoms with E-state index >= 15 is 0 Å². The van der Waals surface area contributed by atoms with E-state index in [4.69, 9.17) is 0 Å². The average molecular weight is 274 g/mol. The zero-order chi connectivity index (χ0) is 14.4. The first kappa shape index (κ1) is 14.6. The highest BCUT2D eigenvalue weighted by atomic mass is 16.2. The van der Waals surface area contributed by atoms with Crippen LogP contribution >= 0.6 is 0 Å². The van der Waals surface area contributed by atoms with E-state index in [1.807, 2.05) is 4.90 Å². The Hall–Kier alpha value is -1.84. The number of likely N-dealkylation sites (tertiary alicyclic amines) is 1. The summed E-state index contributed by atoms with van der Waals surface area (Å²) in [6.45, 7) is 4.42. The molecular weight excluding hydrogens is 252 g/mol. The maximum absolute atomic E-state index is 12.3. The lowest BCUT2D eigenvalue weighted by Gasteiger charge is -2.15. The van der Waals surface area contributed by atoms with Gasteiger partial charge in [-0.3, -0.25) is 9.59 Å². The molecule has 0 bridgehead atoms. The smallest absolute Gasteiger partial charge is 0.253 e. The van der Waals surface area contributed by atoms with Crippen molar-refractivity contribution in [3.8, 4) is 0 Å². The van der Waals surface area contributed by atoms with E-state index in [9.17, 15) is 9.59 Å². The maximum Gasteiger partial charge on any atom is 0.253 e. The van der Waals surface area contributed by atoms with Crippen molar-refractivity contribution < 1.29 is 9.59 Å². The van der Waals surface area contributed by atoms with Gasteiger partial charge in [0.1, 0.15) is 0 Å². The minimum absolute atomic E-state index is 0.0331. The summed E-state index contributed by atoms with van der Waals surface area (Å²) in [5.74, 6) is -0.0692. The quantitative estimate of drug-likeness (QED) is 0.838. The van der Waals surface area contributed by atoms with E-state index in [1.165, 1.54) is 0 Å². The molecule has 20 heavy (non-hydrogen) atoms. The van der Waals surface area contributed by atoms with Gasteiger partial charge in [-0.25, -0.2) is 0 Å². The van der Waals surface area contributed by atoms with Gasteiger partial charge < -0.3 is 10.2 Å². The second kappa shape index (κ2) is 7.08. The molecule has 108 valence electrons. The van der Waals surface area contributed by atoms with Gasteiger partial charge in [0, 0.05) is 30.8 Å². The van der Waals surface area contributed by atoms with Gasteiger partial charge in [0.25, 0.3) is 11.8 Å². The second-order valence-corrected chi connectivity index (χ2v) is 5.19. The van der Waals surface area contributed by atoms with E-state index in [-0.39, 0.29) is 11.8 Å². The number of carbonyl (C=O) groups is 2. The fraction of sp³-hybridized carbons (Fsp3) is 0.500. The fourth-order valence-corrected chi connectivity index (χ4v) is 2.38. The molecular formula is C16H22N2O2. The number of nitrogens with one attached hydrogen (secondary N) is 1. The summed E-state index contributed by atoms with van der Waals surface area (Å²) in [5, 5.41) is 2.87. The molecule has 0 aromatic heterocycles. The number of rotatable bonds is 5. The van der Waals surface area contributed by atoms with Crippen LogP contribution in [0.5, 0.6) is 0 Å². The lowest BCUT2D eigenvalue weighted by Crippen LogP contribution is -2.28. The molecule has 2 rings (SSSR count). The van der Waals surface area contributed by atoms with Crippen LogP contribution in [0.15, 0.2) is 24.3 Å². The van der Waals surface area contributed by atoms with Gasteiger partial charge in [-0.05, 0) is 37.5 Å². The van der Waals surface area contributed by atoms with Crippen LogP contribution in [0.1, 0.15) is 53.3 Å². The predicted molar refractivity (Wildman–Crippen MR) is 78.8 cm³/mol. The van der Waals surface area contributed by atoms with Gasteiger partial charge in [-0.15, -0.1) is 0 Å². The molecule has 0 aliphatic carbocycles. The van der Waals surface area contributed by atoms with Crippen molar-refractivity contribution in [1.29, 1.82) is 0 Å². The molecule has 1 heterocycles. The Kier molecular flexibility index (Phi) is 5.16. The minimum atomic E-state index is -0.102. The van der Waals surface area contributed by atoms with Gasteiger partial charge in [0.2, 0.25) is 0 Å². The van der Waals surface area contributed by atoms with E-state index in [2.05, 4.69) is 12.2 Å². The number of amides is 2. The topological polar surface area (TPSA) is 49.4 Å². The summed E-state index contributed by atoms with van der Waals surface area (Å²) in [7, 11) is 0. The molecule has 4 heteroatoms. The monoisotopic (exact) mass is 274 g/mol. The Morgan fingerprint density at radius 3 is 2.60 bits per heavy atom. The first-order valence-corrected chi connectivity index (χ1v) is 7.40. The Morgan fingerprint density at radius 1 is 1.20 bits per heavy atom. The SMILES string of the molecule is CCCCNC(=O)c1cccc(C(=O)N2CCCC2)c1. The minimum Gasteiger partial charge on any atom is -0.352 e. The molecule has 1 saturated heterocycles. The van der Waals surface area contributed by atoms with Crippen molar-refractivity contribution in [2.75, 3.05) is 19.6 Å². The number of unbranched alkanes of at least 4 members (excludes halogenated alkanes) is 1. The Morgan fingerprint density at radius 2 is 1.90 bits per heavy atom. The second-order valence-electron chi connectivity index (χ2n) is 5.19. The predicted octanol–water partition coefficient (Wildman–Crippen LogP) is 2.45. The highest BCUT2D eigenvalue weighted by molar-refractivity contribution is 5.99. The molecule has 4 nitrogen and oxygen atoms in total. The highest BCUT2D eigenvalue weighted by Gasteiger charge is 2.20. The standard InChI is InChI=1S/C16H22N2O2/c1-2-3-9-17-15(19)13-7-6-8-14(12-13)16(20)18-10-4-5-11-18/h6-8,12H,2-5,9-11H2,1H3,(H,17,19). The van der Waals surface area contributed by atoms with Crippen molar-refractivity contribution in [3.63, 3.8) is 0 Å².